The zero-order valence-electron chi connectivity index (χ0n) is 21.8. The van der Waals surface area contributed by atoms with E-state index in [0.717, 1.165) is 37.9 Å². The lowest BCUT2D eigenvalue weighted by Gasteiger charge is -2.21. The molecule has 3 rings (SSSR count). The van der Waals surface area contributed by atoms with Crippen LogP contribution in [0.3, 0.4) is 0 Å². The van der Waals surface area contributed by atoms with Crippen LogP contribution in [0.15, 0.2) is 35.3 Å². The molecule has 39 heavy (non-hydrogen) atoms. The Labute approximate surface area is 224 Å². The average Bonchev–Trinajstić information content (AvgIpc) is 3.13. The maximum absolute atomic E-state index is 14.4. The largest absolute Gasteiger partial charge is 0.478 e. The number of ether oxygens (including phenoxy) is 1. The van der Waals surface area contributed by atoms with Crippen molar-refractivity contribution in [3.05, 3.63) is 57.6 Å². The van der Waals surface area contributed by atoms with Crippen LogP contribution in [-0.2, 0) is 11.2 Å². The van der Waals surface area contributed by atoms with Gasteiger partial charge in [0.25, 0.3) is 5.91 Å². The highest BCUT2D eigenvalue weighted by molar-refractivity contribution is 6.06. The fraction of sp³-hybridized carbons (Fsp3) is 0.556. The van der Waals surface area contributed by atoms with Gasteiger partial charge >= 0.3 is 17.6 Å². The molecule has 1 aliphatic rings. The number of alkyl halides is 2. The Bertz CT molecular complexity index is 1200. The van der Waals surface area contributed by atoms with E-state index in [4.69, 9.17) is 9.84 Å². The number of aromatic nitrogens is 2. The first-order valence-corrected chi connectivity index (χ1v) is 13.2. The summed E-state index contributed by atoms with van der Waals surface area (Å²) >= 11 is 0. The van der Waals surface area contributed by atoms with E-state index >= 15 is 0 Å². The molecule has 1 aromatic carbocycles. The van der Waals surface area contributed by atoms with E-state index in [0.29, 0.717) is 23.0 Å². The van der Waals surface area contributed by atoms with E-state index in [9.17, 15) is 33.4 Å². The Morgan fingerprint density at radius 1 is 1.08 bits per heavy atom. The highest BCUT2D eigenvalue weighted by Crippen LogP contribution is 2.42. The SMILES string of the molecule is CCCCCCCCCCc1c(C(=O)O)cccc1C(=O)Nc1ccn([C@@H]2O[C@H](CO)[C@@H](O)C2(F)F)c(=O)n1. The number of carboxylic acid groups (broad SMARTS) is 1. The molecule has 0 saturated carbocycles. The maximum Gasteiger partial charge on any atom is 0.351 e. The number of hydrogen-bond acceptors (Lipinski definition) is 7. The smallest absolute Gasteiger partial charge is 0.351 e. The second kappa shape index (κ2) is 13.7. The van der Waals surface area contributed by atoms with Crippen molar-refractivity contribution in [3.63, 3.8) is 0 Å². The van der Waals surface area contributed by atoms with Gasteiger partial charge in [-0.2, -0.15) is 13.8 Å². The van der Waals surface area contributed by atoms with Crippen LogP contribution in [0.4, 0.5) is 14.6 Å². The number of carbonyl (C=O) groups excluding carboxylic acids is 1. The predicted octanol–water partition coefficient (Wildman–Crippen LogP) is 3.76. The Balaban J connectivity index is 1.72. The van der Waals surface area contributed by atoms with Crippen molar-refractivity contribution in [2.24, 2.45) is 0 Å². The Hall–Kier alpha value is -3.22. The first-order chi connectivity index (χ1) is 18.6. The second-order valence-electron chi connectivity index (χ2n) is 9.65. The molecule has 10 nitrogen and oxygen atoms in total. The normalized spacial score (nSPS) is 20.2. The molecule has 0 unspecified atom stereocenters. The fourth-order valence-corrected chi connectivity index (χ4v) is 4.67. The summed E-state index contributed by atoms with van der Waals surface area (Å²) in [6, 6.07) is 5.46. The Morgan fingerprint density at radius 3 is 2.31 bits per heavy atom. The van der Waals surface area contributed by atoms with E-state index in [-0.39, 0.29) is 16.9 Å². The summed E-state index contributed by atoms with van der Waals surface area (Å²) < 4.78 is 34.2. The summed E-state index contributed by atoms with van der Waals surface area (Å²) in [5, 5.41) is 30.9. The molecule has 2 heterocycles. The van der Waals surface area contributed by atoms with Gasteiger partial charge in [0, 0.05) is 11.8 Å². The number of aromatic carboxylic acids is 1. The number of carbonyl (C=O) groups is 2. The topological polar surface area (TPSA) is 151 Å². The molecule has 1 saturated heterocycles. The number of halogens is 2. The quantitative estimate of drug-likeness (QED) is 0.259. The standard InChI is InChI=1S/C27H35F2N3O7/c1-2-3-4-5-6-7-8-9-11-17-18(12-10-13-19(17)24(36)37)23(35)30-21-14-15-32(26(38)31-21)25-27(28,29)22(34)20(16-33)39-25/h10,12-15,20,22,25,33-34H,2-9,11,16H2,1H3,(H,36,37)(H,30,31,35,38)/t20-,22-,25-/m1/s1. The molecule has 4 N–H and O–H groups in total. The molecule has 214 valence electrons. The Morgan fingerprint density at radius 2 is 1.72 bits per heavy atom. The van der Waals surface area contributed by atoms with Gasteiger partial charge in [0.05, 0.1) is 12.2 Å². The summed E-state index contributed by atoms with van der Waals surface area (Å²) in [7, 11) is 0. The second-order valence-corrected chi connectivity index (χ2v) is 9.65. The molecule has 1 amide bonds. The van der Waals surface area contributed by atoms with Gasteiger partial charge in [0.1, 0.15) is 11.9 Å². The maximum atomic E-state index is 14.4. The fourth-order valence-electron chi connectivity index (χ4n) is 4.67. The monoisotopic (exact) mass is 551 g/mol. The van der Waals surface area contributed by atoms with Crippen LogP contribution in [-0.4, -0.2) is 61.5 Å². The minimum atomic E-state index is -3.87. The number of aliphatic hydroxyl groups is 2. The van der Waals surface area contributed by atoms with Crippen LogP contribution < -0.4 is 11.0 Å². The van der Waals surface area contributed by atoms with Gasteiger partial charge in [0.2, 0.25) is 6.23 Å². The zero-order chi connectivity index (χ0) is 28.6. The molecule has 0 aliphatic carbocycles. The zero-order valence-corrected chi connectivity index (χ0v) is 21.8. The van der Waals surface area contributed by atoms with E-state index in [2.05, 4.69) is 17.2 Å². The lowest BCUT2D eigenvalue weighted by atomic mass is 9.94. The lowest BCUT2D eigenvalue weighted by molar-refractivity contribution is -0.140. The third kappa shape index (κ3) is 7.25. The highest BCUT2D eigenvalue weighted by atomic mass is 19.3. The molecule has 0 radical (unpaired) electrons. The van der Waals surface area contributed by atoms with Crippen LogP contribution in [0.1, 0.15) is 90.8 Å². The van der Waals surface area contributed by atoms with Crippen molar-refractivity contribution in [3.8, 4) is 0 Å². The molecular weight excluding hydrogens is 516 g/mol. The number of carboxylic acids is 1. The number of nitrogens with one attached hydrogen (secondary N) is 1. The minimum absolute atomic E-state index is 0.00609. The van der Waals surface area contributed by atoms with Crippen molar-refractivity contribution in [1.82, 2.24) is 9.55 Å². The number of hydrogen-bond donors (Lipinski definition) is 4. The van der Waals surface area contributed by atoms with Crippen molar-refractivity contribution < 1.29 is 38.4 Å². The van der Waals surface area contributed by atoms with Crippen LogP contribution in [0.2, 0.25) is 0 Å². The number of amides is 1. The van der Waals surface area contributed by atoms with Gasteiger partial charge in [-0.05, 0) is 36.6 Å². The molecule has 1 aliphatic heterocycles. The molecule has 12 heteroatoms. The van der Waals surface area contributed by atoms with Gasteiger partial charge in [-0.25, -0.2) is 9.59 Å². The third-order valence-corrected chi connectivity index (χ3v) is 6.82. The minimum Gasteiger partial charge on any atom is -0.478 e. The molecule has 3 atom stereocenters. The van der Waals surface area contributed by atoms with Crippen molar-refractivity contribution in [1.29, 1.82) is 0 Å². The summed E-state index contributed by atoms with van der Waals surface area (Å²) in [4.78, 5) is 41.0. The van der Waals surface area contributed by atoms with Gasteiger partial charge in [0.15, 0.2) is 6.10 Å². The third-order valence-electron chi connectivity index (χ3n) is 6.82. The lowest BCUT2D eigenvalue weighted by Crippen LogP contribution is -2.41. The van der Waals surface area contributed by atoms with Gasteiger partial charge in [-0.15, -0.1) is 0 Å². The molecule has 0 bridgehead atoms. The molecule has 0 spiro atoms. The summed E-state index contributed by atoms with van der Waals surface area (Å²) in [5.41, 5.74) is -0.693. The van der Waals surface area contributed by atoms with E-state index in [1.807, 2.05) is 0 Å². The molecule has 2 aromatic rings. The first kappa shape index (κ1) is 30.3. The first-order valence-electron chi connectivity index (χ1n) is 13.2. The van der Waals surface area contributed by atoms with E-state index in [1.54, 1.807) is 0 Å². The van der Waals surface area contributed by atoms with E-state index < -0.39 is 48.5 Å². The van der Waals surface area contributed by atoms with Crippen molar-refractivity contribution in [2.45, 2.75) is 89.1 Å². The number of aliphatic hydroxyl groups excluding tert-OH is 2. The van der Waals surface area contributed by atoms with Gasteiger partial charge in [-0.1, -0.05) is 57.9 Å². The number of unbranched alkanes of at least 4 members (excludes halogenated alkanes) is 7. The van der Waals surface area contributed by atoms with Crippen molar-refractivity contribution in [2.75, 3.05) is 11.9 Å². The van der Waals surface area contributed by atoms with Gasteiger partial charge in [-0.3, -0.25) is 9.36 Å². The van der Waals surface area contributed by atoms with Gasteiger partial charge < -0.3 is 25.4 Å². The van der Waals surface area contributed by atoms with Crippen LogP contribution >= 0.6 is 0 Å². The molecular formula is C27H35F2N3O7. The van der Waals surface area contributed by atoms with Crippen LogP contribution in [0.25, 0.3) is 0 Å². The van der Waals surface area contributed by atoms with Crippen LogP contribution in [0, 0.1) is 0 Å². The number of benzene rings is 1. The molecule has 1 fully saturated rings. The van der Waals surface area contributed by atoms with Crippen molar-refractivity contribution >= 4 is 17.7 Å². The summed E-state index contributed by atoms with van der Waals surface area (Å²) in [5.74, 6) is -5.97. The number of nitrogens with zero attached hydrogens (tertiary/aromatic N) is 2. The highest BCUT2D eigenvalue weighted by Gasteiger charge is 2.59. The van der Waals surface area contributed by atoms with Crippen LogP contribution in [0.5, 0.6) is 0 Å². The molecule has 1 aromatic heterocycles. The number of anilines is 1. The predicted molar refractivity (Wildman–Crippen MR) is 138 cm³/mol. The summed E-state index contributed by atoms with van der Waals surface area (Å²) in [6.45, 7) is 1.28. The average molecular weight is 552 g/mol. The summed E-state index contributed by atoms with van der Waals surface area (Å²) in [6.07, 6.45) is 3.65. The number of rotatable bonds is 14. The Kier molecular flexibility index (Phi) is 10.7. The van der Waals surface area contributed by atoms with E-state index in [1.165, 1.54) is 37.5 Å².